The van der Waals surface area contributed by atoms with Crippen molar-refractivity contribution >= 4 is 19.7 Å². The van der Waals surface area contributed by atoms with Crippen LogP contribution >= 0.6 is 7.82 Å². The number of ether oxygens (including phenoxy) is 1. The summed E-state index contributed by atoms with van der Waals surface area (Å²) in [6, 6.07) is -0.917. The lowest BCUT2D eigenvalue weighted by Gasteiger charge is -2.30. The number of nitrogens with zero attached hydrogens (tertiary/aromatic N) is 1. The maximum atomic E-state index is 13.6. The molecule has 486 valence electrons. The second-order valence-electron chi connectivity index (χ2n) is 23.9. The molecule has 0 aromatic rings. The Balaban J connectivity index is 5.18. The third-order valence-electron chi connectivity index (χ3n) is 14.6. The summed E-state index contributed by atoms with van der Waals surface area (Å²) in [7, 11) is 1.15. The van der Waals surface area contributed by atoms with Gasteiger partial charge in [-0.2, -0.15) is 0 Å². The highest BCUT2D eigenvalue weighted by Gasteiger charge is 2.27. The van der Waals surface area contributed by atoms with E-state index in [4.69, 9.17) is 13.8 Å². The Bertz CT molecular complexity index is 1920. The van der Waals surface area contributed by atoms with E-state index in [1.807, 2.05) is 33.3 Å². The number of quaternary nitrogens is 1. The van der Waals surface area contributed by atoms with Crippen molar-refractivity contribution in [1.29, 1.82) is 0 Å². The summed E-state index contributed by atoms with van der Waals surface area (Å²) < 4.78 is 30.4. The number of hydrogen-bond donors (Lipinski definition) is 1. The summed E-state index contributed by atoms with van der Waals surface area (Å²) >= 11 is 0. The second-order valence-corrected chi connectivity index (χ2v) is 25.3. The Labute approximate surface area is 524 Å². The molecule has 3 unspecified atom stereocenters. The number of likely N-dealkylation sites (N-methyl/N-ethyl adjacent to an activating group) is 1. The number of phosphoric ester groups is 1. The molecular formula is C75H129N2O7P. The minimum absolute atomic E-state index is 0.0360. The zero-order chi connectivity index (χ0) is 62.1. The Morgan fingerprint density at radius 1 is 0.424 bits per heavy atom. The number of allylic oxidation sites excluding steroid dienone is 21. The van der Waals surface area contributed by atoms with Crippen molar-refractivity contribution in [3.05, 3.63) is 134 Å². The largest absolute Gasteiger partial charge is 0.756 e. The summed E-state index contributed by atoms with van der Waals surface area (Å²) in [5.41, 5.74) is 0. The average Bonchev–Trinajstić information content (AvgIpc) is 3.50. The van der Waals surface area contributed by atoms with Gasteiger partial charge in [-0.3, -0.25) is 14.2 Å². The van der Waals surface area contributed by atoms with Crippen LogP contribution in [0.4, 0.5) is 0 Å². The van der Waals surface area contributed by atoms with Crippen LogP contribution in [0.25, 0.3) is 0 Å². The molecule has 1 N–H and O–H groups in total. The number of rotatable bonds is 61. The molecule has 0 aromatic heterocycles. The first-order valence-electron chi connectivity index (χ1n) is 34.5. The van der Waals surface area contributed by atoms with Gasteiger partial charge in [-0.05, 0) is 122 Å². The molecule has 0 aliphatic heterocycles. The molecule has 0 spiro atoms. The molecule has 85 heavy (non-hydrogen) atoms. The molecule has 0 aliphatic rings. The van der Waals surface area contributed by atoms with Gasteiger partial charge < -0.3 is 28.5 Å². The van der Waals surface area contributed by atoms with Gasteiger partial charge in [-0.1, -0.05) is 277 Å². The topological polar surface area (TPSA) is 114 Å². The standard InChI is InChI=1S/C75H129N2O7P/c1-7-10-13-16-19-22-25-28-30-32-34-35-36-37-38-39-40-41-43-45-47-50-53-56-59-62-65-68-75(79)84-73(66-63-60-57-54-51-48-27-24-21-18-15-12-9-3)72(71-83-85(80,81)82-70-69-77(4,5)6)76-74(78)67-64-61-58-55-52-49-46-44-42-33-31-29-26-23-20-17-14-11-8-2/h10-11,13-14,19-20,22-23,28-31,34-35,37-38,42,44,49,52,63,66,72-73H,7-9,12,15-18,21,24-27,32-33,36,39-41,43,45-48,50-51,53-62,64-65,67-71H2,1-6H3,(H-,76,78,80,81)/b13-10-,14-11-,22-19-,23-20-,30-28-,31-29-,35-34-,38-37-,44-42-,52-49-,66-63-. The minimum atomic E-state index is -4.72. The van der Waals surface area contributed by atoms with Crippen LogP contribution in [0.2, 0.25) is 0 Å². The summed E-state index contributed by atoms with van der Waals surface area (Å²) in [5.74, 6) is -0.586. The Morgan fingerprint density at radius 2 is 0.753 bits per heavy atom. The summed E-state index contributed by atoms with van der Waals surface area (Å²) in [5, 5.41) is 3.02. The van der Waals surface area contributed by atoms with Crippen LogP contribution < -0.4 is 10.2 Å². The maximum Gasteiger partial charge on any atom is 0.306 e. The minimum Gasteiger partial charge on any atom is -0.756 e. The number of nitrogens with one attached hydrogen (secondary N) is 1. The molecule has 3 atom stereocenters. The van der Waals surface area contributed by atoms with Crippen molar-refractivity contribution in [2.75, 3.05) is 40.9 Å². The van der Waals surface area contributed by atoms with Crippen molar-refractivity contribution in [2.24, 2.45) is 0 Å². The number of amides is 1. The molecule has 0 radical (unpaired) electrons. The third-order valence-corrected chi connectivity index (χ3v) is 15.5. The van der Waals surface area contributed by atoms with Gasteiger partial charge in [0.05, 0.1) is 33.8 Å². The number of esters is 1. The fourth-order valence-electron chi connectivity index (χ4n) is 9.34. The van der Waals surface area contributed by atoms with Crippen molar-refractivity contribution in [2.45, 2.75) is 290 Å². The second kappa shape index (κ2) is 63.2. The van der Waals surface area contributed by atoms with E-state index in [9.17, 15) is 19.0 Å². The molecule has 0 saturated carbocycles. The highest BCUT2D eigenvalue weighted by molar-refractivity contribution is 7.45. The molecule has 0 fully saturated rings. The number of unbranched alkanes of at least 4 members (excludes halogenated alkanes) is 25. The van der Waals surface area contributed by atoms with Gasteiger partial charge in [0.1, 0.15) is 19.3 Å². The Hall–Kier alpha value is -3.85. The van der Waals surface area contributed by atoms with Crippen molar-refractivity contribution in [1.82, 2.24) is 5.32 Å². The zero-order valence-electron chi connectivity index (χ0n) is 55.5. The molecule has 0 aliphatic carbocycles. The summed E-state index contributed by atoms with van der Waals surface area (Å²) in [6.45, 7) is 6.59. The lowest BCUT2D eigenvalue weighted by Crippen LogP contribution is -2.47. The molecular weight excluding hydrogens is 1070 g/mol. The monoisotopic (exact) mass is 1200 g/mol. The van der Waals surface area contributed by atoms with E-state index in [2.05, 4.69) is 148 Å². The predicted molar refractivity (Wildman–Crippen MR) is 366 cm³/mol. The number of carbonyl (C=O) groups is 2. The fourth-order valence-corrected chi connectivity index (χ4v) is 10.1. The van der Waals surface area contributed by atoms with Gasteiger partial charge in [-0.25, -0.2) is 0 Å². The molecule has 9 nitrogen and oxygen atoms in total. The molecule has 0 bridgehead atoms. The first kappa shape index (κ1) is 81.2. The van der Waals surface area contributed by atoms with Crippen molar-refractivity contribution in [3.63, 3.8) is 0 Å². The van der Waals surface area contributed by atoms with Crippen LogP contribution in [0.3, 0.4) is 0 Å². The number of carbonyl (C=O) groups excluding carboxylic acids is 2. The van der Waals surface area contributed by atoms with Crippen molar-refractivity contribution < 1.29 is 37.3 Å². The first-order valence-corrected chi connectivity index (χ1v) is 36.0. The van der Waals surface area contributed by atoms with E-state index in [-0.39, 0.29) is 31.3 Å². The van der Waals surface area contributed by atoms with Gasteiger partial charge in [0, 0.05) is 12.8 Å². The fraction of sp³-hybridized carbons (Fsp3) is 0.680. The normalized spacial score (nSPS) is 14.4. The Morgan fingerprint density at radius 3 is 1.14 bits per heavy atom. The highest BCUT2D eigenvalue weighted by Crippen LogP contribution is 2.38. The Kier molecular flexibility index (Phi) is 60.3. The van der Waals surface area contributed by atoms with E-state index < -0.39 is 26.6 Å². The zero-order valence-corrected chi connectivity index (χ0v) is 56.4. The van der Waals surface area contributed by atoms with Crippen LogP contribution in [0.15, 0.2) is 134 Å². The average molecular weight is 1200 g/mol. The molecule has 0 rings (SSSR count). The van der Waals surface area contributed by atoms with Gasteiger partial charge in [-0.15, -0.1) is 0 Å². The van der Waals surface area contributed by atoms with Gasteiger partial charge in [0.15, 0.2) is 0 Å². The van der Waals surface area contributed by atoms with Crippen molar-refractivity contribution in [3.8, 4) is 0 Å². The number of hydrogen-bond acceptors (Lipinski definition) is 7. The van der Waals surface area contributed by atoms with E-state index in [1.54, 1.807) is 0 Å². The lowest BCUT2D eigenvalue weighted by atomic mass is 10.0. The van der Waals surface area contributed by atoms with Gasteiger partial charge in [0.25, 0.3) is 7.82 Å². The van der Waals surface area contributed by atoms with Gasteiger partial charge >= 0.3 is 5.97 Å². The summed E-state index contributed by atoms with van der Waals surface area (Å²) in [4.78, 5) is 40.2. The smallest absolute Gasteiger partial charge is 0.306 e. The molecule has 10 heteroatoms. The molecule has 0 heterocycles. The highest BCUT2D eigenvalue weighted by atomic mass is 31.2. The van der Waals surface area contributed by atoms with Crippen LogP contribution in [0.1, 0.15) is 278 Å². The maximum absolute atomic E-state index is 13.6. The first-order chi connectivity index (χ1) is 41.4. The van der Waals surface area contributed by atoms with E-state index >= 15 is 0 Å². The third kappa shape index (κ3) is 64.5. The van der Waals surface area contributed by atoms with Crippen LogP contribution in [0, 0.1) is 0 Å². The van der Waals surface area contributed by atoms with Crippen LogP contribution in [-0.2, 0) is 27.9 Å². The van der Waals surface area contributed by atoms with Gasteiger partial charge in [0.2, 0.25) is 5.91 Å². The predicted octanol–water partition coefficient (Wildman–Crippen LogP) is 21.4. The SMILES string of the molecule is CC/C=C\C/C=C\C/C=C\C/C=C\C/C=C\CCCCCCCCCCCCCC(=O)OC(/C=C\CCCCCCCCCCCCC)C(COP(=O)([O-])OCC[N+](C)(C)C)NC(=O)CCCCC/C=C\C/C=C\C/C=C\C/C=C\C/C=C\CC. The quantitative estimate of drug-likeness (QED) is 0.0212. The molecule has 0 aromatic carbocycles. The molecule has 0 saturated heterocycles. The van der Waals surface area contributed by atoms with E-state index in [1.165, 1.54) is 103 Å². The lowest BCUT2D eigenvalue weighted by molar-refractivity contribution is -0.870. The summed E-state index contributed by atoms with van der Waals surface area (Å²) in [6.07, 6.45) is 90.0. The molecule has 1 amide bonds. The number of phosphoric acid groups is 1. The van der Waals surface area contributed by atoms with Crippen LogP contribution in [0.5, 0.6) is 0 Å². The van der Waals surface area contributed by atoms with E-state index in [0.29, 0.717) is 17.4 Å². The van der Waals surface area contributed by atoms with E-state index in [0.717, 1.165) is 135 Å². The van der Waals surface area contributed by atoms with Crippen LogP contribution in [-0.4, -0.2) is 69.4 Å².